The highest BCUT2D eigenvalue weighted by molar-refractivity contribution is 6.09. The van der Waals surface area contributed by atoms with Gasteiger partial charge in [-0.1, -0.05) is 36.4 Å². The molecule has 0 bridgehead atoms. The Morgan fingerprint density at radius 2 is 1.62 bits per heavy atom. The first-order valence-corrected chi connectivity index (χ1v) is 11.9. The molecule has 178 valence electrons. The minimum absolute atomic E-state index is 0.181. The second-order valence-corrected chi connectivity index (χ2v) is 9.29. The van der Waals surface area contributed by atoms with E-state index in [2.05, 4.69) is 4.90 Å². The number of methoxy groups -OCH3 is 2. The number of ether oxygens (including phenoxy) is 2. The van der Waals surface area contributed by atoms with Gasteiger partial charge < -0.3 is 9.47 Å². The summed E-state index contributed by atoms with van der Waals surface area (Å²) >= 11 is 0. The first-order valence-electron chi connectivity index (χ1n) is 11.9. The van der Waals surface area contributed by atoms with Gasteiger partial charge >= 0.3 is 5.97 Å². The summed E-state index contributed by atoms with van der Waals surface area (Å²) in [7, 11) is 3.01. The summed E-state index contributed by atoms with van der Waals surface area (Å²) in [6, 6.07) is 15.6. The van der Waals surface area contributed by atoms with Gasteiger partial charge in [-0.05, 0) is 61.6 Å². The van der Waals surface area contributed by atoms with Crippen molar-refractivity contribution in [1.29, 1.82) is 0 Å². The summed E-state index contributed by atoms with van der Waals surface area (Å²) in [6.45, 7) is 2.77. The number of rotatable bonds is 5. The second-order valence-electron chi connectivity index (χ2n) is 9.29. The predicted octanol–water partition coefficient (Wildman–Crippen LogP) is 3.44. The van der Waals surface area contributed by atoms with E-state index in [1.54, 1.807) is 14.0 Å². The minimum atomic E-state index is -1.09. The standard InChI is InChI=1S/C27H30N2O5/c1-4-28-24(30)21-22(25(28)31)27(26(32)34-3)15-5-6-16-29(27)23(21)19-9-7-17(8-10-19)18-11-13-20(33-2)14-12-18/h7-14,21-23H,4-6,15-16H2,1-3H3/t21-,22-,23-,27+/m1/s1. The first kappa shape index (κ1) is 22.6. The van der Waals surface area contributed by atoms with Gasteiger partial charge in [0, 0.05) is 12.6 Å². The molecule has 2 amide bonds. The zero-order valence-electron chi connectivity index (χ0n) is 19.8. The maximum Gasteiger partial charge on any atom is 0.327 e. The highest BCUT2D eigenvalue weighted by Gasteiger charge is 2.72. The zero-order chi connectivity index (χ0) is 24.0. The van der Waals surface area contributed by atoms with Crippen LogP contribution in [0.3, 0.4) is 0 Å². The van der Waals surface area contributed by atoms with E-state index in [1.807, 2.05) is 48.5 Å². The number of piperidine rings is 1. The van der Waals surface area contributed by atoms with Crippen LogP contribution < -0.4 is 4.74 Å². The summed E-state index contributed by atoms with van der Waals surface area (Å²) in [5.41, 5.74) is 1.96. The lowest BCUT2D eigenvalue weighted by Gasteiger charge is -2.44. The summed E-state index contributed by atoms with van der Waals surface area (Å²) in [5.74, 6) is -1.33. The molecule has 2 aromatic carbocycles. The lowest BCUT2D eigenvalue weighted by molar-refractivity contribution is -0.164. The Hall–Kier alpha value is -3.19. The lowest BCUT2D eigenvalue weighted by atomic mass is 9.75. The van der Waals surface area contributed by atoms with Gasteiger partial charge in [0.1, 0.15) is 11.3 Å². The van der Waals surface area contributed by atoms with E-state index in [4.69, 9.17) is 9.47 Å². The third-order valence-corrected chi connectivity index (χ3v) is 7.88. The summed E-state index contributed by atoms with van der Waals surface area (Å²) in [6.07, 6.45) is 2.27. The molecule has 0 unspecified atom stereocenters. The van der Waals surface area contributed by atoms with Gasteiger partial charge in [-0.3, -0.25) is 24.2 Å². The number of hydrogen-bond donors (Lipinski definition) is 0. The van der Waals surface area contributed by atoms with Gasteiger partial charge in [-0.15, -0.1) is 0 Å². The molecule has 0 saturated carbocycles. The van der Waals surface area contributed by atoms with E-state index in [-0.39, 0.29) is 17.9 Å². The van der Waals surface area contributed by atoms with Gasteiger partial charge in [0.2, 0.25) is 11.8 Å². The fraction of sp³-hybridized carbons (Fsp3) is 0.444. The summed E-state index contributed by atoms with van der Waals surface area (Å²) < 4.78 is 10.5. The Morgan fingerprint density at radius 3 is 2.21 bits per heavy atom. The molecule has 3 aliphatic heterocycles. The number of imide groups is 1. The molecule has 3 aliphatic rings. The molecule has 5 rings (SSSR count). The molecular formula is C27H30N2O5. The number of esters is 1. The SMILES string of the molecule is CCN1C(=O)[C@H]2[C@@H](c3ccc(-c4ccc(OC)cc4)cc3)N3CCCC[C@@]3(C(=O)OC)[C@H]2C1=O. The van der Waals surface area contributed by atoms with Crippen LogP contribution in [0.5, 0.6) is 5.75 Å². The van der Waals surface area contributed by atoms with Gasteiger partial charge in [0.25, 0.3) is 0 Å². The van der Waals surface area contributed by atoms with Crippen LogP contribution in [0.4, 0.5) is 0 Å². The minimum Gasteiger partial charge on any atom is -0.497 e. The van der Waals surface area contributed by atoms with E-state index < -0.39 is 23.3 Å². The highest BCUT2D eigenvalue weighted by Crippen LogP contribution is 2.58. The molecule has 34 heavy (non-hydrogen) atoms. The van der Waals surface area contributed by atoms with Crippen LogP contribution in [0.1, 0.15) is 37.8 Å². The number of nitrogens with zero attached hydrogens (tertiary/aromatic N) is 2. The molecule has 0 radical (unpaired) electrons. The Morgan fingerprint density at radius 1 is 0.971 bits per heavy atom. The van der Waals surface area contributed by atoms with Crippen molar-refractivity contribution in [3.8, 4) is 16.9 Å². The molecule has 2 aromatic rings. The van der Waals surface area contributed by atoms with Crippen molar-refractivity contribution in [1.82, 2.24) is 9.80 Å². The Kier molecular flexibility index (Phi) is 5.68. The molecule has 0 spiro atoms. The number of amides is 2. The van der Waals surface area contributed by atoms with Gasteiger partial charge in [0.05, 0.1) is 26.1 Å². The highest BCUT2D eigenvalue weighted by atomic mass is 16.5. The fourth-order valence-corrected chi connectivity index (χ4v) is 6.38. The fourth-order valence-electron chi connectivity index (χ4n) is 6.38. The lowest BCUT2D eigenvalue weighted by Crippen LogP contribution is -2.59. The number of hydrogen-bond acceptors (Lipinski definition) is 6. The van der Waals surface area contributed by atoms with Crippen molar-refractivity contribution in [3.05, 3.63) is 54.1 Å². The average Bonchev–Trinajstić information content (AvgIpc) is 3.33. The average molecular weight is 463 g/mol. The molecule has 0 N–H and O–H groups in total. The molecular weight excluding hydrogens is 432 g/mol. The van der Waals surface area contributed by atoms with E-state index in [9.17, 15) is 14.4 Å². The van der Waals surface area contributed by atoms with Crippen molar-refractivity contribution >= 4 is 17.8 Å². The normalized spacial score (nSPS) is 28.6. The molecule has 3 fully saturated rings. The van der Waals surface area contributed by atoms with E-state index >= 15 is 0 Å². The smallest absolute Gasteiger partial charge is 0.327 e. The third kappa shape index (κ3) is 3.10. The van der Waals surface area contributed by atoms with Crippen LogP contribution in [-0.4, -0.2) is 60.4 Å². The predicted molar refractivity (Wildman–Crippen MR) is 126 cm³/mol. The van der Waals surface area contributed by atoms with E-state index in [0.29, 0.717) is 19.5 Å². The van der Waals surface area contributed by atoms with Crippen LogP contribution in [-0.2, 0) is 19.1 Å². The third-order valence-electron chi connectivity index (χ3n) is 7.88. The number of carbonyl (C=O) groups excluding carboxylic acids is 3. The topological polar surface area (TPSA) is 76.2 Å². The second kappa shape index (κ2) is 8.55. The van der Waals surface area contributed by atoms with E-state index in [1.165, 1.54) is 12.0 Å². The molecule has 0 aromatic heterocycles. The summed E-state index contributed by atoms with van der Waals surface area (Å²) in [4.78, 5) is 43.6. The largest absolute Gasteiger partial charge is 0.497 e. The van der Waals surface area contributed by atoms with Crippen molar-refractivity contribution in [2.45, 2.75) is 37.8 Å². The van der Waals surface area contributed by atoms with Crippen LogP contribution >= 0.6 is 0 Å². The molecule has 3 heterocycles. The van der Waals surface area contributed by atoms with E-state index in [0.717, 1.165) is 35.3 Å². The maximum absolute atomic E-state index is 13.5. The number of carbonyl (C=O) groups is 3. The van der Waals surface area contributed by atoms with Gasteiger partial charge in [0.15, 0.2) is 0 Å². The number of benzene rings is 2. The molecule has 7 heteroatoms. The van der Waals surface area contributed by atoms with Crippen LogP contribution in [0.25, 0.3) is 11.1 Å². The zero-order valence-corrected chi connectivity index (χ0v) is 19.8. The van der Waals surface area contributed by atoms with Crippen molar-refractivity contribution in [2.24, 2.45) is 11.8 Å². The Bertz CT molecular complexity index is 1110. The number of likely N-dealkylation sites (tertiary alicyclic amines) is 1. The van der Waals surface area contributed by atoms with Crippen LogP contribution in [0.2, 0.25) is 0 Å². The van der Waals surface area contributed by atoms with Gasteiger partial charge in [-0.25, -0.2) is 0 Å². The van der Waals surface area contributed by atoms with Crippen LogP contribution in [0, 0.1) is 11.8 Å². The first-order chi connectivity index (χ1) is 16.5. The molecule has 0 aliphatic carbocycles. The molecule has 3 saturated heterocycles. The Balaban J connectivity index is 1.58. The number of fused-ring (bicyclic) bond motifs is 3. The van der Waals surface area contributed by atoms with Crippen molar-refractivity contribution in [2.75, 3.05) is 27.3 Å². The maximum atomic E-state index is 13.5. The monoisotopic (exact) mass is 462 g/mol. The Labute approximate surface area is 199 Å². The molecule has 7 nitrogen and oxygen atoms in total. The van der Waals surface area contributed by atoms with Crippen LogP contribution in [0.15, 0.2) is 48.5 Å². The van der Waals surface area contributed by atoms with Crippen molar-refractivity contribution in [3.63, 3.8) is 0 Å². The summed E-state index contributed by atoms with van der Waals surface area (Å²) in [5, 5.41) is 0. The van der Waals surface area contributed by atoms with Gasteiger partial charge in [-0.2, -0.15) is 0 Å². The quantitative estimate of drug-likeness (QED) is 0.501. The van der Waals surface area contributed by atoms with Crippen molar-refractivity contribution < 1.29 is 23.9 Å². The molecule has 4 atom stereocenters.